The SMILES string of the molecule is CCN(CC1CCC1)S(=O)(=O)c1ccc(CNC(C)C)o1. The van der Waals surface area contributed by atoms with E-state index in [0.29, 0.717) is 37.4 Å². The molecule has 1 saturated carbocycles. The highest BCUT2D eigenvalue weighted by Crippen LogP contribution is 2.29. The molecule has 0 amide bonds. The van der Waals surface area contributed by atoms with Crippen molar-refractivity contribution in [3.05, 3.63) is 17.9 Å². The smallest absolute Gasteiger partial charge is 0.276 e. The van der Waals surface area contributed by atoms with Gasteiger partial charge in [0.25, 0.3) is 10.0 Å². The Morgan fingerprint density at radius 2 is 2.10 bits per heavy atom. The van der Waals surface area contributed by atoms with Gasteiger partial charge in [0, 0.05) is 19.1 Å². The second-order valence-corrected chi connectivity index (χ2v) is 7.88. The van der Waals surface area contributed by atoms with E-state index in [2.05, 4.69) is 5.32 Å². The molecule has 0 spiro atoms. The summed E-state index contributed by atoms with van der Waals surface area (Å²) in [6.45, 7) is 7.59. The minimum absolute atomic E-state index is 0.0595. The number of hydrogen-bond acceptors (Lipinski definition) is 4. The van der Waals surface area contributed by atoms with Gasteiger partial charge in [0.1, 0.15) is 5.76 Å². The van der Waals surface area contributed by atoms with Crippen LogP contribution in [0.4, 0.5) is 0 Å². The largest absolute Gasteiger partial charge is 0.447 e. The molecule has 5 nitrogen and oxygen atoms in total. The third-order valence-corrected chi connectivity index (χ3v) is 5.77. The molecule has 21 heavy (non-hydrogen) atoms. The number of nitrogens with zero attached hydrogens (tertiary/aromatic N) is 1. The summed E-state index contributed by atoms with van der Waals surface area (Å²) in [4.78, 5) is 0. The van der Waals surface area contributed by atoms with Crippen LogP contribution in [0.3, 0.4) is 0 Å². The zero-order valence-electron chi connectivity index (χ0n) is 13.1. The van der Waals surface area contributed by atoms with Crippen molar-refractivity contribution in [2.24, 2.45) is 5.92 Å². The van der Waals surface area contributed by atoms with Gasteiger partial charge in [-0.15, -0.1) is 0 Å². The lowest BCUT2D eigenvalue weighted by molar-refractivity contribution is 0.246. The van der Waals surface area contributed by atoms with E-state index >= 15 is 0 Å². The monoisotopic (exact) mass is 314 g/mol. The molecule has 0 saturated heterocycles. The van der Waals surface area contributed by atoms with Crippen molar-refractivity contribution in [2.45, 2.75) is 57.7 Å². The summed E-state index contributed by atoms with van der Waals surface area (Å²) < 4.78 is 32.3. The maximum atomic E-state index is 12.6. The lowest BCUT2D eigenvalue weighted by Gasteiger charge is -2.30. The van der Waals surface area contributed by atoms with Gasteiger partial charge in [-0.1, -0.05) is 27.2 Å². The Morgan fingerprint density at radius 1 is 1.38 bits per heavy atom. The average Bonchev–Trinajstić information content (AvgIpc) is 2.84. The molecule has 6 heteroatoms. The summed E-state index contributed by atoms with van der Waals surface area (Å²) in [5.41, 5.74) is 0. The number of hydrogen-bond donors (Lipinski definition) is 1. The van der Waals surface area contributed by atoms with Crippen molar-refractivity contribution < 1.29 is 12.8 Å². The quantitative estimate of drug-likeness (QED) is 0.801. The predicted octanol–water partition coefficient (Wildman–Crippen LogP) is 2.59. The minimum atomic E-state index is -3.50. The summed E-state index contributed by atoms with van der Waals surface area (Å²) in [7, 11) is -3.50. The molecule has 1 N–H and O–H groups in total. The lowest BCUT2D eigenvalue weighted by Crippen LogP contribution is -2.37. The van der Waals surface area contributed by atoms with Crippen LogP contribution >= 0.6 is 0 Å². The molecule has 0 aromatic carbocycles. The second kappa shape index (κ2) is 6.94. The van der Waals surface area contributed by atoms with Gasteiger partial charge in [-0.2, -0.15) is 4.31 Å². The molecule has 0 unspecified atom stereocenters. The van der Waals surface area contributed by atoms with Gasteiger partial charge in [-0.25, -0.2) is 8.42 Å². The van der Waals surface area contributed by atoms with Crippen LogP contribution < -0.4 is 5.32 Å². The maximum Gasteiger partial charge on any atom is 0.276 e. The fourth-order valence-electron chi connectivity index (χ4n) is 2.38. The van der Waals surface area contributed by atoms with E-state index in [-0.39, 0.29) is 5.09 Å². The van der Waals surface area contributed by atoms with Crippen LogP contribution in [0.2, 0.25) is 0 Å². The number of nitrogens with one attached hydrogen (secondary N) is 1. The van der Waals surface area contributed by atoms with Gasteiger partial charge in [0.2, 0.25) is 5.09 Å². The summed E-state index contributed by atoms with van der Waals surface area (Å²) in [5.74, 6) is 1.17. The van der Waals surface area contributed by atoms with Gasteiger partial charge in [0.15, 0.2) is 0 Å². The molecule has 0 atom stereocenters. The third kappa shape index (κ3) is 4.08. The highest BCUT2D eigenvalue weighted by atomic mass is 32.2. The van der Waals surface area contributed by atoms with Gasteiger partial charge in [0.05, 0.1) is 6.54 Å². The van der Waals surface area contributed by atoms with Crippen molar-refractivity contribution in [3.63, 3.8) is 0 Å². The van der Waals surface area contributed by atoms with Crippen LogP contribution in [0.15, 0.2) is 21.6 Å². The average molecular weight is 314 g/mol. The van der Waals surface area contributed by atoms with E-state index in [1.54, 1.807) is 12.1 Å². The molecule has 1 fully saturated rings. The van der Waals surface area contributed by atoms with E-state index in [9.17, 15) is 8.42 Å². The Bertz CT molecular complexity index is 547. The van der Waals surface area contributed by atoms with Gasteiger partial charge in [-0.3, -0.25) is 0 Å². The van der Waals surface area contributed by atoms with E-state index < -0.39 is 10.0 Å². The van der Waals surface area contributed by atoms with Gasteiger partial charge < -0.3 is 9.73 Å². The van der Waals surface area contributed by atoms with E-state index in [0.717, 1.165) is 12.8 Å². The summed E-state index contributed by atoms with van der Waals surface area (Å²) >= 11 is 0. The topological polar surface area (TPSA) is 62.6 Å². The van der Waals surface area contributed by atoms with Crippen molar-refractivity contribution in [1.82, 2.24) is 9.62 Å². The highest BCUT2D eigenvalue weighted by molar-refractivity contribution is 7.89. The van der Waals surface area contributed by atoms with Crippen LogP contribution in [0.25, 0.3) is 0 Å². The van der Waals surface area contributed by atoms with Crippen LogP contribution in [0.1, 0.15) is 45.8 Å². The predicted molar refractivity (Wildman–Crippen MR) is 82.5 cm³/mol. The molecule has 1 aromatic rings. The Hall–Kier alpha value is -0.850. The summed E-state index contributed by atoms with van der Waals surface area (Å²) in [6.07, 6.45) is 3.48. The molecule has 1 aromatic heterocycles. The number of furan rings is 1. The molecule has 1 aliphatic carbocycles. The number of sulfonamides is 1. The van der Waals surface area contributed by atoms with Crippen molar-refractivity contribution >= 4 is 10.0 Å². The molecule has 1 aliphatic rings. The zero-order valence-corrected chi connectivity index (χ0v) is 13.9. The van der Waals surface area contributed by atoms with E-state index in [1.165, 1.54) is 10.7 Å². The third-order valence-electron chi connectivity index (χ3n) is 3.95. The van der Waals surface area contributed by atoms with Crippen LogP contribution in [0, 0.1) is 5.92 Å². The molecule has 2 rings (SSSR count). The van der Waals surface area contributed by atoms with Crippen LogP contribution in [-0.2, 0) is 16.6 Å². The first-order valence-corrected chi connectivity index (χ1v) is 9.19. The molecule has 0 bridgehead atoms. The standard InChI is InChI=1S/C15H26N2O3S/c1-4-17(11-13-6-5-7-13)21(18,19)15-9-8-14(20-15)10-16-12(2)3/h8-9,12-13,16H,4-7,10-11H2,1-3H3. The molecule has 0 aliphatic heterocycles. The first kappa shape index (κ1) is 16.5. The Kier molecular flexibility index (Phi) is 5.46. The molecular weight excluding hydrogens is 288 g/mol. The minimum Gasteiger partial charge on any atom is -0.447 e. The van der Waals surface area contributed by atoms with E-state index in [4.69, 9.17) is 4.42 Å². The van der Waals surface area contributed by atoms with Gasteiger partial charge >= 0.3 is 0 Å². The Labute approximate surface area is 127 Å². The van der Waals surface area contributed by atoms with Crippen LogP contribution in [0.5, 0.6) is 0 Å². The first-order valence-electron chi connectivity index (χ1n) is 7.75. The maximum absolute atomic E-state index is 12.6. The fraction of sp³-hybridized carbons (Fsp3) is 0.733. The highest BCUT2D eigenvalue weighted by Gasteiger charge is 2.30. The summed E-state index contributed by atoms with van der Waals surface area (Å²) in [6, 6.07) is 3.64. The number of rotatable bonds is 8. The second-order valence-electron chi connectivity index (χ2n) is 6.01. The van der Waals surface area contributed by atoms with E-state index in [1.807, 2.05) is 20.8 Å². The van der Waals surface area contributed by atoms with Crippen molar-refractivity contribution in [1.29, 1.82) is 0 Å². The van der Waals surface area contributed by atoms with Gasteiger partial charge in [-0.05, 0) is 30.9 Å². The Balaban J connectivity index is 2.06. The molecule has 1 heterocycles. The normalized spacial score (nSPS) is 16.6. The summed E-state index contributed by atoms with van der Waals surface area (Å²) in [5, 5.41) is 3.28. The lowest BCUT2D eigenvalue weighted by atomic mass is 9.85. The Morgan fingerprint density at radius 3 is 2.62 bits per heavy atom. The van der Waals surface area contributed by atoms with Crippen molar-refractivity contribution in [3.8, 4) is 0 Å². The zero-order chi connectivity index (χ0) is 15.5. The molecular formula is C15H26N2O3S. The first-order chi connectivity index (χ1) is 9.93. The molecule has 120 valence electrons. The fourth-order valence-corrected chi connectivity index (χ4v) is 3.84. The molecule has 0 radical (unpaired) electrons. The van der Waals surface area contributed by atoms with Crippen LogP contribution in [-0.4, -0.2) is 31.9 Å². The van der Waals surface area contributed by atoms with Crippen molar-refractivity contribution in [2.75, 3.05) is 13.1 Å².